The van der Waals surface area contributed by atoms with E-state index in [1.165, 1.54) is 12.1 Å². The Morgan fingerprint density at radius 2 is 2.20 bits per heavy atom. The fourth-order valence-corrected chi connectivity index (χ4v) is 1.95. The van der Waals surface area contributed by atoms with E-state index in [1.54, 1.807) is 6.07 Å². The second-order valence-corrected chi connectivity index (χ2v) is 4.91. The first kappa shape index (κ1) is 8.89. The van der Waals surface area contributed by atoms with E-state index in [4.69, 9.17) is 4.42 Å². The molecular weight excluding hydrogens is 193 g/mol. The predicted molar refractivity (Wildman–Crippen MR) is 55.1 cm³/mol. The van der Waals surface area contributed by atoms with Crippen molar-refractivity contribution in [2.24, 2.45) is 5.41 Å². The van der Waals surface area contributed by atoms with Gasteiger partial charge in [0, 0.05) is 12.0 Å². The average molecular weight is 205 g/mol. The molecule has 78 valence electrons. The molecule has 2 aromatic rings. The Bertz CT molecular complexity index is 529. The van der Waals surface area contributed by atoms with Crippen molar-refractivity contribution >= 4 is 11.1 Å². The summed E-state index contributed by atoms with van der Waals surface area (Å²) in [6.45, 7) is 4.38. The molecule has 0 amide bonds. The van der Waals surface area contributed by atoms with Crippen LogP contribution in [0.15, 0.2) is 22.6 Å². The summed E-state index contributed by atoms with van der Waals surface area (Å²) in [6.07, 6.45) is 1.10. The monoisotopic (exact) mass is 205 g/mol. The number of halogens is 1. The highest BCUT2D eigenvalue weighted by Gasteiger charge is 2.49. The van der Waals surface area contributed by atoms with E-state index < -0.39 is 0 Å². The minimum atomic E-state index is -0.278. The summed E-state index contributed by atoms with van der Waals surface area (Å²) < 4.78 is 18.5. The molecule has 1 atom stereocenters. The van der Waals surface area contributed by atoms with Crippen molar-refractivity contribution in [1.82, 2.24) is 4.98 Å². The Hall–Kier alpha value is -1.38. The second kappa shape index (κ2) is 2.60. The Morgan fingerprint density at radius 1 is 1.47 bits per heavy atom. The van der Waals surface area contributed by atoms with Crippen molar-refractivity contribution in [2.75, 3.05) is 0 Å². The topological polar surface area (TPSA) is 26.0 Å². The molecule has 1 aliphatic carbocycles. The Labute approximate surface area is 87.1 Å². The zero-order valence-electron chi connectivity index (χ0n) is 8.75. The van der Waals surface area contributed by atoms with E-state index in [9.17, 15) is 4.39 Å². The minimum Gasteiger partial charge on any atom is -0.440 e. The van der Waals surface area contributed by atoms with Crippen LogP contribution in [-0.2, 0) is 0 Å². The van der Waals surface area contributed by atoms with Crippen LogP contribution in [0.25, 0.3) is 11.1 Å². The number of fused-ring (bicyclic) bond motifs is 1. The Balaban J connectivity index is 2.08. The van der Waals surface area contributed by atoms with Gasteiger partial charge in [0.25, 0.3) is 0 Å². The fourth-order valence-electron chi connectivity index (χ4n) is 1.95. The highest BCUT2D eigenvalue weighted by molar-refractivity contribution is 5.72. The van der Waals surface area contributed by atoms with Gasteiger partial charge in [0.2, 0.25) is 0 Å². The van der Waals surface area contributed by atoms with E-state index in [-0.39, 0.29) is 5.82 Å². The number of rotatable bonds is 1. The lowest BCUT2D eigenvalue weighted by molar-refractivity contribution is 0.492. The van der Waals surface area contributed by atoms with Crippen LogP contribution in [0.1, 0.15) is 32.1 Å². The lowest BCUT2D eigenvalue weighted by atomic mass is 10.1. The van der Waals surface area contributed by atoms with Gasteiger partial charge in [0.15, 0.2) is 11.5 Å². The van der Waals surface area contributed by atoms with Gasteiger partial charge in [0.05, 0.1) is 0 Å². The van der Waals surface area contributed by atoms with Gasteiger partial charge in [0.1, 0.15) is 11.3 Å². The molecule has 2 nitrogen and oxygen atoms in total. The molecule has 1 heterocycles. The molecule has 0 radical (unpaired) electrons. The molecule has 1 unspecified atom stereocenters. The van der Waals surface area contributed by atoms with Crippen LogP contribution in [0.3, 0.4) is 0 Å². The molecule has 1 aromatic carbocycles. The van der Waals surface area contributed by atoms with Crippen LogP contribution >= 0.6 is 0 Å². The van der Waals surface area contributed by atoms with E-state index in [0.717, 1.165) is 17.8 Å². The van der Waals surface area contributed by atoms with Crippen LogP contribution in [0, 0.1) is 11.2 Å². The largest absolute Gasteiger partial charge is 0.440 e. The van der Waals surface area contributed by atoms with Crippen LogP contribution in [0.4, 0.5) is 4.39 Å². The number of nitrogens with zero attached hydrogens (tertiary/aromatic N) is 1. The smallest absolute Gasteiger partial charge is 0.199 e. The molecule has 3 rings (SSSR count). The molecule has 0 aliphatic heterocycles. The summed E-state index contributed by atoms with van der Waals surface area (Å²) >= 11 is 0. The van der Waals surface area contributed by atoms with Crippen LogP contribution < -0.4 is 0 Å². The van der Waals surface area contributed by atoms with Gasteiger partial charge in [-0.25, -0.2) is 9.37 Å². The van der Waals surface area contributed by atoms with Crippen molar-refractivity contribution in [2.45, 2.75) is 26.2 Å². The molecule has 3 heteroatoms. The number of hydrogen-bond acceptors (Lipinski definition) is 2. The summed E-state index contributed by atoms with van der Waals surface area (Å²) in [7, 11) is 0. The highest BCUT2D eigenvalue weighted by Crippen LogP contribution is 2.58. The van der Waals surface area contributed by atoms with Crippen molar-refractivity contribution in [1.29, 1.82) is 0 Å². The molecule has 0 spiro atoms. The molecule has 0 bridgehead atoms. The van der Waals surface area contributed by atoms with Gasteiger partial charge in [-0.2, -0.15) is 0 Å². The SMILES string of the molecule is CC1(C)CC1c1nc2ccc(F)cc2o1. The van der Waals surface area contributed by atoms with E-state index >= 15 is 0 Å². The van der Waals surface area contributed by atoms with Crippen molar-refractivity contribution < 1.29 is 8.81 Å². The molecule has 0 N–H and O–H groups in total. The summed E-state index contributed by atoms with van der Waals surface area (Å²) in [5, 5.41) is 0. The van der Waals surface area contributed by atoms with Crippen molar-refractivity contribution in [3.63, 3.8) is 0 Å². The van der Waals surface area contributed by atoms with E-state index in [1.807, 2.05) is 0 Å². The zero-order chi connectivity index (χ0) is 10.6. The molecule has 1 saturated carbocycles. The summed E-state index contributed by atoms with van der Waals surface area (Å²) in [5.74, 6) is 0.869. The normalized spacial score (nSPS) is 23.3. The number of hydrogen-bond donors (Lipinski definition) is 0. The van der Waals surface area contributed by atoms with Gasteiger partial charge in [-0.05, 0) is 24.0 Å². The molecule has 1 fully saturated rings. The van der Waals surface area contributed by atoms with Gasteiger partial charge in [-0.15, -0.1) is 0 Å². The number of aromatic nitrogens is 1. The summed E-state index contributed by atoms with van der Waals surface area (Å²) in [6, 6.07) is 4.46. The number of benzene rings is 1. The lowest BCUT2D eigenvalue weighted by Crippen LogP contribution is -1.89. The average Bonchev–Trinajstić information content (AvgIpc) is 2.63. The minimum absolute atomic E-state index is 0.278. The fraction of sp³-hybridized carbons (Fsp3) is 0.417. The molecule has 15 heavy (non-hydrogen) atoms. The maximum Gasteiger partial charge on any atom is 0.199 e. The molecule has 0 saturated heterocycles. The highest BCUT2D eigenvalue weighted by atomic mass is 19.1. The van der Waals surface area contributed by atoms with Gasteiger partial charge in [-0.1, -0.05) is 13.8 Å². The second-order valence-electron chi connectivity index (χ2n) is 4.91. The van der Waals surface area contributed by atoms with E-state index in [0.29, 0.717) is 16.9 Å². The van der Waals surface area contributed by atoms with Crippen LogP contribution in [0.2, 0.25) is 0 Å². The van der Waals surface area contributed by atoms with Gasteiger partial charge in [-0.3, -0.25) is 0 Å². The van der Waals surface area contributed by atoms with Gasteiger partial charge < -0.3 is 4.42 Å². The standard InChI is InChI=1S/C12H12FNO/c1-12(2)6-8(12)11-14-9-4-3-7(13)5-10(9)15-11/h3-5,8H,6H2,1-2H3. The maximum atomic E-state index is 12.9. The molecule has 1 aliphatic rings. The first-order valence-corrected chi connectivity index (χ1v) is 5.12. The third kappa shape index (κ3) is 1.34. The first-order chi connectivity index (χ1) is 7.06. The van der Waals surface area contributed by atoms with Crippen LogP contribution in [-0.4, -0.2) is 4.98 Å². The molecular formula is C12H12FNO. The van der Waals surface area contributed by atoms with Crippen LogP contribution in [0.5, 0.6) is 0 Å². The lowest BCUT2D eigenvalue weighted by Gasteiger charge is -1.96. The Kier molecular flexibility index (Phi) is 1.54. The third-order valence-electron chi connectivity index (χ3n) is 3.18. The molecule has 1 aromatic heterocycles. The maximum absolute atomic E-state index is 12.9. The van der Waals surface area contributed by atoms with Crippen molar-refractivity contribution in [3.8, 4) is 0 Å². The summed E-state index contributed by atoms with van der Waals surface area (Å²) in [5.41, 5.74) is 1.58. The quantitative estimate of drug-likeness (QED) is 0.712. The van der Waals surface area contributed by atoms with Gasteiger partial charge >= 0.3 is 0 Å². The summed E-state index contributed by atoms with van der Waals surface area (Å²) in [4.78, 5) is 4.38. The zero-order valence-corrected chi connectivity index (χ0v) is 8.75. The van der Waals surface area contributed by atoms with Crippen molar-refractivity contribution in [3.05, 3.63) is 29.9 Å². The third-order valence-corrected chi connectivity index (χ3v) is 3.18. The Morgan fingerprint density at radius 3 is 2.87 bits per heavy atom. The van der Waals surface area contributed by atoms with E-state index in [2.05, 4.69) is 18.8 Å². The first-order valence-electron chi connectivity index (χ1n) is 5.12. The predicted octanol–water partition coefficient (Wildman–Crippen LogP) is 3.48. The number of oxazole rings is 1.